The predicted molar refractivity (Wildman–Crippen MR) is 89.6 cm³/mol. The second kappa shape index (κ2) is 6.79. The summed E-state index contributed by atoms with van der Waals surface area (Å²) >= 11 is 0. The summed E-state index contributed by atoms with van der Waals surface area (Å²) in [5.74, 6) is 0. The molecule has 116 valence electrons. The molecule has 3 rings (SSSR count). The molecular formula is C18H18N4O. The lowest BCUT2D eigenvalue weighted by Gasteiger charge is -2.02. The van der Waals surface area contributed by atoms with Crippen LogP contribution in [0.25, 0.3) is 11.3 Å². The molecule has 5 nitrogen and oxygen atoms in total. The van der Waals surface area contributed by atoms with Gasteiger partial charge >= 0.3 is 6.03 Å². The van der Waals surface area contributed by atoms with Crippen molar-refractivity contribution in [1.82, 2.24) is 15.1 Å². The third kappa shape index (κ3) is 3.77. The second-order valence-corrected chi connectivity index (χ2v) is 5.27. The van der Waals surface area contributed by atoms with E-state index in [0.29, 0.717) is 13.1 Å². The number of aromatic nitrogens is 2. The molecule has 1 aromatic heterocycles. The van der Waals surface area contributed by atoms with Crippen LogP contribution in [0.4, 0.5) is 4.79 Å². The lowest BCUT2D eigenvalue weighted by molar-refractivity contribution is 0.248. The van der Waals surface area contributed by atoms with E-state index >= 15 is 0 Å². The third-order valence-electron chi connectivity index (χ3n) is 3.53. The minimum atomic E-state index is -0.542. The van der Waals surface area contributed by atoms with E-state index in [9.17, 15) is 4.79 Å². The number of amides is 2. The van der Waals surface area contributed by atoms with Gasteiger partial charge in [-0.3, -0.25) is 4.68 Å². The van der Waals surface area contributed by atoms with Crippen LogP contribution < -0.4 is 11.1 Å². The van der Waals surface area contributed by atoms with E-state index in [1.54, 1.807) is 0 Å². The van der Waals surface area contributed by atoms with Gasteiger partial charge in [0.2, 0.25) is 0 Å². The van der Waals surface area contributed by atoms with Crippen LogP contribution in [-0.2, 0) is 13.1 Å². The summed E-state index contributed by atoms with van der Waals surface area (Å²) in [5.41, 5.74) is 9.16. The average molecular weight is 306 g/mol. The van der Waals surface area contributed by atoms with E-state index < -0.39 is 6.03 Å². The van der Waals surface area contributed by atoms with Crippen LogP contribution >= 0.6 is 0 Å². The Kier molecular flexibility index (Phi) is 4.38. The van der Waals surface area contributed by atoms with Gasteiger partial charge in [-0.05, 0) is 5.56 Å². The van der Waals surface area contributed by atoms with Crippen LogP contribution in [-0.4, -0.2) is 15.8 Å². The number of nitrogens with zero attached hydrogens (tertiary/aromatic N) is 2. The Balaban J connectivity index is 1.91. The van der Waals surface area contributed by atoms with Crippen LogP contribution in [0.3, 0.4) is 0 Å². The van der Waals surface area contributed by atoms with Crippen LogP contribution in [0.5, 0.6) is 0 Å². The van der Waals surface area contributed by atoms with Crippen LogP contribution in [0.15, 0.2) is 66.9 Å². The van der Waals surface area contributed by atoms with Crippen molar-refractivity contribution in [2.45, 2.75) is 13.1 Å². The second-order valence-electron chi connectivity index (χ2n) is 5.27. The fraction of sp³-hybridized carbons (Fsp3) is 0.111. The molecule has 2 aromatic carbocycles. The van der Waals surface area contributed by atoms with Gasteiger partial charge in [0.1, 0.15) is 0 Å². The largest absolute Gasteiger partial charge is 0.352 e. The molecule has 0 aliphatic heterocycles. The molecule has 3 N–H and O–H groups in total. The SMILES string of the molecule is NC(=O)NCc1cn(Cc2ccccc2)nc1-c1ccccc1. The quantitative estimate of drug-likeness (QED) is 0.760. The fourth-order valence-electron chi connectivity index (χ4n) is 2.46. The molecule has 0 spiro atoms. The zero-order chi connectivity index (χ0) is 16.1. The highest BCUT2D eigenvalue weighted by Crippen LogP contribution is 2.22. The topological polar surface area (TPSA) is 72.9 Å². The van der Waals surface area contributed by atoms with Gasteiger partial charge < -0.3 is 11.1 Å². The van der Waals surface area contributed by atoms with Crippen molar-refractivity contribution in [3.63, 3.8) is 0 Å². The molecule has 0 radical (unpaired) electrons. The number of benzene rings is 2. The van der Waals surface area contributed by atoms with Crippen molar-refractivity contribution in [2.24, 2.45) is 5.73 Å². The molecule has 0 fully saturated rings. The molecule has 0 aliphatic rings. The van der Waals surface area contributed by atoms with Gasteiger partial charge in [-0.25, -0.2) is 4.79 Å². The Morgan fingerprint density at radius 1 is 1.04 bits per heavy atom. The number of nitrogens with one attached hydrogen (secondary N) is 1. The van der Waals surface area contributed by atoms with E-state index in [1.165, 1.54) is 5.56 Å². The molecule has 1 heterocycles. The van der Waals surface area contributed by atoms with Crippen molar-refractivity contribution in [2.75, 3.05) is 0 Å². The molecular weight excluding hydrogens is 288 g/mol. The van der Waals surface area contributed by atoms with Gasteiger partial charge in [0.15, 0.2) is 0 Å². The van der Waals surface area contributed by atoms with Crippen molar-refractivity contribution in [3.8, 4) is 11.3 Å². The number of urea groups is 1. The number of nitrogens with two attached hydrogens (primary N) is 1. The molecule has 0 saturated heterocycles. The summed E-state index contributed by atoms with van der Waals surface area (Å²) in [6.45, 7) is 1.03. The first-order valence-corrected chi connectivity index (χ1v) is 7.41. The summed E-state index contributed by atoms with van der Waals surface area (Å²) < 4.78 is 1.88. The fourth-order valence-corrected chi connectivity index (χ4v) is 2.46. The maximum atomic E-state index is 11.0. The number of hydrogen-bond donors (Lipinski definition) is 2. The monoisotopic (exact) mass is 306 g/mol. The highest BCUT2D eigenvalue weighted by Gasteiger charge is 2.11. The first kappa shape index (κ1) is 14.8. The standard InChI is InChI=1S/C18H18N4O/c19-18(23)20-11-16-13-22(12-14-7-3-1-4-8-14)21-17(16)15-9-5-2-6-10-15/h1-10,13H,11-12H2,(H3,19,20,23). The van der Waals surface area contributed by atoms with E-state index in [0.717, 1.165) is 16.8 Å². The Morgan fingerprint density at radius 2 is 1.70 bits per heavy atom. The first-order valence-electron chi connectivity index (χ1n) is 7.41. The van der Waals surface area contributed by atoms with Crippen LogP contribution in [0, 0.1) is 0 Å². The Labute approximate surface area is 134 Å². The number of primary amides is 1. The highest BCUT2D eigenvalue weighted by molar-refractivity contribution is 5.72. The average Bonchev–Trinajstić information content (AvgIpc) is 2.97. The third-order valence-corrected chi connectivity index (χ3v) is 3.53. The van der Waals surface area contributed by atoms with E-state index in [1.807, 2.05) is 59.4 Å². The minimum absolute atomic E-state index is 0.356. The molecule has 3 aromatic rings. The lowest BCUT2D eigenvalue weighted by atomic mass is 10.1. The van der Waals surface area contributed by atoms with E-state index in [4.69, 9.17) is 5.73 Å². The van der Waals surface area contributed by atoms with Crippen molar-refractivity contribution < 1.29 is 4.79 Å². The van der Waals surface area contributed by atoms with Crippen molar-refractivity contribution in [3.05, 3.63) is 78.0 Å². The summed E-state index contributed by atoms with van der Waals surface area (Å²) in [5, 5.41) is 7.31. The zero-order valence-corrected chi connectivity index (χ0v) is 12.6. The number of carbonyl (C=O) groups is 1. The molecule has 5 heteroatoms. The van der Waals surface area contributed by atoms with Gasteiger partial charge in [0.25, 0.3) is 0 Å². The first-order chi connectivity index (χ1) is 11.2. The summed E-state index contributed by atoms with van der Waals surface area (Å²) in [6, 6.07) is 19.5. The molecule has 2 amide bonds. The Hall–Kier alpha value is -3.08. The lowest BCUT2D eigenvalue weighted by Crippen LogP contribution is -2.28. The number of rotatable bonds is 5. The summed E-state index contributed by atoms with van der Waals surface area (Å²) in [7, 11) is 0. The molecule has 0 atom stereocenters. The minimum Gasteiger partial charge on any atom is -0.352 e. The molecule has 0 bridgehead atoms. The normalized spacial score (nSPS) is 10.4. The smallest absolute Gasteiger partial charge is 0.312 e. The maximum Gasteiger partial charge on any atom is 0.312 e. The molecule has 23 heavy (non-hydrogen) atoms. The van der Waals surface area contributed by atoms with Crippen LogP contribution in [0.1, 0.15) is 11.1 Å². The number of hydrogen-bond acceptors (Lipinski definition) is 2. The predicted octanol–water partition coefficient (Wildman–Crippen LogP) is 2.77. The van der Waals surface area contributed by atoms with Gasteiger partial charge in [0, 0.05) is 23.9 Å². The summed E-state index contributed by atoms with van der Waals surface area (Å²) in [6.07, 6.45) is 1.95. The highest BCUT2D eigenvalue weighted by atomic mass is 16.2. The number of carbonyl (C=O) groups excluding carboxylic acids is 1. The molecule has 0 saturated carbocycles. The van der Waals surface area contributed by atoms with Crippen LogP contribution in [0.2, 0.25) is 0 Å². The van der Waals surface area contributed by atoms with Gasteiger partial charge in [-0.1, -0.05) is 60.7 Å². The van der Waals surface area contributed by atoms with Gasteiger partial charge in [-0.15, -0.1) is 0 Å². The summed E-state index contributed by atoms with van der Waals surface area (Å²) in [4.78, 5) is 11.0. The zero-order valence-electron chi connectivity index (χ0n) is 12.6. The Bertz CT molecular complexity index is 781. The van der Waals surface area contributed by atoms with Crippen molar-refractivity contribution in [1.29, 1.82) is 0 Å². The Morgan fingerprint density at radius 3 is 2.35 bits per heavy atom. The molecule has 0 unspecified atom stereocenters. The van der Waals surface area contributed by atoms with Gasteiger partial charge in [0.05, 0.1) is 12.2 Å². The van der Waals surface area contributed by atoms with E-state index in [2.05, 4.69) is 22.5 Å². The maximum absolute atomic E-state index is 11.0. The molecule has 0 aliphatic carbocycles. The van der Waals surface area contributed by atoms with Gasteiger partial charge in [-0.2, -0.15) is 5.10 Å². The van der Waals surface area contributed by atoms with Crippen molar-refractivity contribution >= 4 is 6.03 Å². The van der Waals surface area contributed by atoms with E-state index in [-0.39, 0.29) is 0 Å².